The number of hydrogen-bond donors (Lipinski definition) is 1. The fourth-order valence-electron chi connectivity index (χ4n) is 3.63. The number of rotatable bonds is 7. The van der Waals surface area contributed by atoms with Crippen LogP contribution in [0.2, 0.25) is 0 Å². The van der Waals surface area contributed by atoms with Crippen LogP contribution in [0.15, 0.2) is 30.5 Å². The maximum atomic E-state index is 12.3. The molecule has 10 nitrogen and oxygen atoms in total. The molecule has 10 heteroatoms. The summed E-state index contributed by atoms with van der Waals surface area (Å²) in [5.74, 6) is 1.54. The minimum Gasteiger partial charge on any atom is -0.497 e. The summed E-state index contributed by atoms with van der Waals surface area (Å²) >= 11 is 0. The minimum absolute atomic E-state index is 0.222. The zero-order valence-electron chi connectivity index (χ0n) is 18.2. The summed E-state index contributed by atoms with van der Waals surface area (Å²) in [6, 6.07) is 7.78. The molecule has 0 radical (unpaired) electrons. The third-order valence-corrected chi connectivity index (χ3v) is 5.46. The van der Waals surface area contributed by atoms with Gasteiger partial charge in [-0.3, -0.25) is 4.79 Å². The molecule has 164 valence electrons. The first-order chi connectivity index (χ1) is 15.0. The molecule has 1 amide bonds. The predicted octanol–water partition coefficient (Wildman–Crippen LogP) is 1.57. The van der Waals surface area contributed by atoms with Crippen molar-refractivity contribution in [1.82, 2.24) is 34.8 Å². The van der Waals surface area contributed by atoms with Crippen molar-refractivity contribution in [3.63, 3.8) is 0 Å². The molecular weight excluding hydrogens is 396 g/mol. The van der Waals surface area contributed by atoms with Gasteiger partial charge in [-0.25, -0.2) is 4.98 Å². The van der Waals surface area contributed by atoms with E-state index in [-0.39, 0.29) is 11.9 Å². The van der Waals surface area contributed by atoms with Crippen LogP contribution in [0, 0.1) is 0 Å². The summed E-state index contributed by atoms with van der Waals surface area (Å²) in [5.41, 5.74) is 2.11. The fourth-order valence-corrected chi connectivity index (χ4v) is 3.63. The molecule has 1 aliphatic heterocycles. The Balaban J connectivity index is 1.41. The SMILES string of the molecule is COc1ccc(-n2nnc3cnc(NC4CCN(C(=O)CCN(C)C)CC4)nc32)cc1. The van der Waals surface area contributed by atoms with Gasteiger partial charge in [0, 0.05) is 32.1 Å². The van der Waals surface area contributed by atoms with E-state index < -0.39 is 0 Å². The Morgan fingerprint density at radius 3 is 2.65 bits per heavy atom. The van der Waals surface area contributed by atoms with E-state index in [1.54, 1.807) is 18.0 Å². The Morgan fingerprint density at radius 1 is 1.23 bits per heavy atom. The van der Waals surface area contributed by atoms with Crippen LogP contribution in [-0.2, 0) is 4.79 Å². The molecular formula is C21H28N8O2. The van der Waals surface area contributed by atoms with Gasteiger partial charge in [0.1, 0.15) is 5.75 Å². The first-order valence-corrected chi connectivity index (χ1v) is 10.5. The lowest BCUT2D eigenvalue weighted by Gasteiger charge is -2.32. The molecule has 0 saturated carbocycles. The van der Waals surface area contributed by atoms with E-state index in [0.717, 1.165) is 43.9 Å². The molecule has 0 aliphatic carbocycles. The smallest absolute Gasteiger partial charge is 0.225 e. The van der Waals surface area contributed by atoms with Crippen LogP contribution in [0.25, 0.3) is 16.9 Å². The third-order valence-electron chi connectivity index (χ3n) is 5.46. The Hall–Kier alpha value is -3.27. The van der Waals surface area contributed by atoms with Crippen molar-refractivity contribution in [3.05, 3.63) is 30.5 Å². The lowest BCUT2D eigenvalue weighted by Crippen LogP contribution is -2.43. The zero-order chi connectivity index (χ0) is 21.8. The van der Waals surface area contributed by atoms with Gasteiger partial charge in [-0.1, -0.05) is 5.21 Å². The van der Waals surface area contributed by atoms with Crippen molar-refractivity contribution in [2.24, 2.45) is 0 Å². The number of nitrogens with zero attached hydrogens (tertiary/aromatic N) is 7. The number of likely N-dealkylation sites (tertiary alicyclic amines) is 1. The monoisotopic (exact) mass is 424 g/mol. The van der Waals surface area contributed by atoms with Crippen LogP contribution in [0.4, 0.5) is 5.95 Å². The second-order valence-electron chi connectivity index (χ2n) is 7.95. The number of piperidine rings is 1. The molecule has 1 N–H and O–H groups in total. The Kier molecular flexibility index (Phi) is 6.26. The molecule has 0 bridgehead atoms. The molecule has 3 heterocycles. The topological polar surface area (TPSA) is 101 Å². The lowest BCUT2D eigenvalue weighted by atomic mass is 10.0. The quantitative estimate of drug-likeness (QED) is 0.610. The van der Waals surface area contributed by atoms with E-state index in [9.17, 15) is 4.79 Å². The van der Waals surface area contributed by atoms with Crippen molar-refractivity contribution in [2.75, 3.05) is 46.2 Å². The van der Waals surface area contributed by atoms with Crippen LogP contribution < -0.4 is 10.1 Å². The summed E-state index contributed by atoms with van der Waals surface area (Å²) < 4.78 is 6.90. The number of hydrogen-bond acceptors (Lipinski definition) is 8. The number of anilines is 1. The Morgan fingerprint density at radius 2 is 1.97 bits per heavy atom. The Bertz CT molecular complexity index is 1030. The maximum Gasteiger partial charge on any atom is 0.225 e. The van der Waals surface area contributed by atoms with Gasteiger partial charge in [-0.2, -0.15) is 9.67 Å². The highest BCUT2D eigenvalue weighted by atomic mass is 16.5. The van der Waals surface area contributed by atoms with Crippen molar-refractivity contribution in [3.8, 4) is 11.4 Å². The molecule has 0 unspecified atom stereocenters. The molecule has 1 aliphatic rings. The minimum atomic E-state index is 0.222. The van der Waals surface area contributed by atoms with Crippen molar-refractivity contribution in [1.29, 1.82) is 0 Å². The molecule has 1 aromatic carbocycles. The summed E-state index contributed by atoms with van der Waals surface area (Å²) in [6.07, 6.45) is 3.97. The second kappa shape index (κ2) is 9.25. The molecule has 31 heavy (non-hydrogen) atoms. The highest BCUT2D eigenvalue weighted by Gasteiger charge is 2.23. The van der Waals surface area contributed by atoms with E-state index in [1.165, 1.54) is 0 Å². The van der Waals surface area contributed by atoms with Gasteiger partial charge in [0.15, 0.2) is 11.2 Å². The number of carbonyl (C=O) groups is 1. The van der Waals surface area contributed by atoms with E-state index in [4.69, 9.17) is 4.74 Å². The highest BCUT2D eigenvalue weighted by molar-refractivity contribution is 5.76. The normalized spacial score (nSPS) is 14.9. The molecule has 1 saturated heterocycles. The number of methoxy groups -OCH3 is 1. The number of fused-ring (bicyclic) bond motifs is 1. The van der Waals surface area contributed by atoms with Crippen molar-refractivity contribution < 1.29 is 9.53 Å². The van der Waals surface area contributed by atoms with Gasteiger partial charge in [0.25, 0.3) is 0 Å². The van der Waals surface area contributed by atoms with Gasteiger partial charge < -0.3 is 19.9 Å². The zero-order valence-corrected chi connectivity index (χ0v) is 18.2. The third kappa shape index (κ3) is 4.91. The van der Waals surface area contributed by atoms with E-state index in [0.29, 0.717) is 23.5 Å². The first kappa shape index (κ1) is 21.0. The predicted molar refractivity (Wildman–Crippen MR) is 117 cm³/mol. The van der Waals surface area contributed by atoms with Gasteiger partial charge >= 0.3 is 0 Å². The number of benzene rings is 1. The Labute approximate surface area is 181 Å². The average Bonchev–Trinajstić information content (AvgIpc) is 3.21. The molecule has 1 fully saturated rings. The second-order valence-corrected chi connectivity index (χ2v) is 7.95. The average molecular weight is 425 g/mol. The van der Waals surface area contributed by atoms with E-state index in [1.807, 2.05) is 48.2 Å². The standard InChI is InChI=1S/C21H28N8O2/c1-27(2)11-10-19(30)28-12-8-15(9-13-28)23-21-22-14-18-20(24-21)29(26-25-18)16-4-6-17(31-3)7-5-16/h4-7,14-15H,8-13H2,1-3H3,(H,22,23,24). The van der Waals surface area contributed by atoms with Gasteiger partial charge in [-0.05, 0) is 51.2 Å². The summed E-state index contributed by atoms with van der Waals surface area (Å²) in [4.78, 5) is 25.4. The lowest BCUT2D eigenvalue weighted by molar-refractivity contribution is -0.132. The number of ether oxygens (including phenoxy) is 1. The number of nitrogens with one attached hydrogen (secondary N) is 1. The number of amides is 1. The van der Waals surface area contributed by atoms with Crippen molar-refractivity contribution >= 4 is 23.0 Å². The van der Waals surface area contributed by atoms with E-state index in [2.05, 4.69) is 25.6 Å². The number of aromatic nitrogens is 5. The first-order valence-electron chi connectivity index (χ1n) is 10.5. The van der Waals surface area contributed by atoms with Crippen LogP contribution in [0.3, 0.4) is 0 Å². The van der Waals surface area contributed by atoms with Crippen LogP contribution in [0.1, 0.15) is 19.3 Å². The molecule has 2 aromatic heterocycles. The van der Waals surface area contributed by atoms with E-state index >= 15 is 0 Å². The molecule has 0 atom stereocenters. The van der Waals surface area contributed by atoms with Gasteiger partial charge in [0.05, 0.1) is 19.0 Å². The van der Waals surface area contributed by atoms with Crippen LogP contribution in [0.5, 0.6) is 5.75 Å². The molecule has 3 aromatic rings. The highest BCUT2D eigenvalue weighted by Crippen LogP contribution is 2.20. The largest absolute Gasteiger partial charge is 0.497 e. The van der Waals surface area contributed by atoms with Gasteiger partial charge in [-0.15, -0.1) is 5.10 Å². The molecule has 0 spiro atoms. The number of carbonyl (C=O) groups excluding carboxylic acids is 1. The van der Waals surface area contributed by atoms with Gasteiger partial charge in [0.2, 0.25) is 11.9 Å². The summed E-state index contributed by atoms with van der Waals surface area (Å²) in [5, 5.41) is 11.8. The molecule has 4 rings (SSSR count). The van der Waals surface area contributed by atoms with Crippen molar-refractivity contribution in [2.45, 2.75) is 25.3 Å². The van der Waals surface area contributed by atoms with Crippen LogP contribution in [-0.4, -0.2) is 87.6 Å². The van der Waals surface area contributed by atoms with Crippen LogP contribution >= 0.6 is 0 Å². The maximum absolute atomic E-state index is 12.3. The fraction of sp³-hybridized carbons (Fsp3) is 0.476. The summed E-state index contributed by atoms with van der Waals surface area (Å²) in [6.45, 7) is 2.27. The summed E-state index contributed by atoms with van der Waals surface area (Å²) in [7, 11) is 5.60.